The van der Waals surface area contributed by atoms with Crippen molar-refractivity contribution < 1.29 is 34.8 Å². The molecule has 0 heterocycles. The van der Waals surface area contributed by atoms with Gasteiger partial charge in [-0.25, -0.2) is 0 Å². The van der Waals surface area contributed by atoms with E-state index < -0.39 is 56.8 Å². The lowest BCUT2D eigenvalue weighted by atomic mass is 9.43. The van der Waals surface area contributed by atoms with E-state index in [0.29, 0.717) is 5.56 Å². The van der Waals surface area contributed by atoms with Gasteiger partial charge in [-0.3, -0.25) is 14.4 Å². The molecule has 4 N–H and O–H groups in total. The number of Topliss-reactive ketones (excluding diaryl/α,β-unsaturated/α-hetero) is 3. The van der Waals surface area contributed by atoms with Crippen LogP contribution in [-0.4, -0.2) is 43.4 Å². The van der Waals surface area contributed by atoms with E-state index in [1.54, 1.807) is 6.92 Å². The second kappa shape index (κ2) is 14.1. The highest BCUT2D eigenvalue weighted by Gasteiger charge is 2.72. The predicted molar refractivity (Wildman–Crippen MR) is 197 cm³/mol. The van der Waals surface area contributed by atoms with Crippen LogP contribution in [0.5, 0.6) is 5.75 Å². The minimum absolute atomic E-state index is 0.0686. The Kier molecular flexibility index (Phi) is 10.6. The molecule has 0 amide bonds. The SMILES string of the molecule is CCCCCCCCCCc1ccc(CC)c(-c2ccc(O)c3c2C[C@]2(C)C[C@]4(C)C(C(C)C)C(=O)C(C(C)=O)=C(O)[C@]4(O)C(=O)C2=C3O)c1. The molecule has 0 spiro atoms. The minimum Gasteiger partial charge on any atom is -0.508 e. The number of aryl methyl sites for hydroxylation is 2. The third-order valence-corrected chi connectivity index (χ3v) is 12.1. The van der Waals surface area contributed by atoms with Crippen LogP contribution < -0.4 is 0 Å². The summed E-state index contributed by atoms with van der Waals surface area (Å²) < 4.78 is 0. The van der Waals surface area contributed by atoms with Crippen molar-refractivity contribution in [1.82, 2.24) is 0 Å². The highest BCUT2D eigenvalue weighted by Crippen LogP contribution is 2.65. The van der Waals surface area contributed by atoms with E-state index in [4.69, 9.17) is 0 Å². The second-order valence-electron chi connectivity index (χ2n) is 16.0. The lowest BCUT2D eigenvalue weighted by Crippen LogP contribution is -2.69. The maximum atomic E-state index is 14.7. The minimum atomic E-state index is -2.62. The van der Waals surface area contributed by atoms with Crippen LogP contribution in [0.1, 0.15) is 129 Å². The Labute approximate surface area is 297 Å². The molecule has 3 aliphatic rings. The number of rotatable bonds is 13. The summed E-state index contributed by atoms with van der Waals surface area (Å²) in [5.41, 5.74) is -0.798. The molecule has 4 atom stereocenters. The summed E-state index contributed by atoms with van der Waals surface area (Å²) in [5.74, 6) is -5.18. The van der Waals surface area contributed by atoms with Crippen LogP contribution in [0.2, 0.25) is 0 Å². The summed E-state index contributed by atoms with van der Waals surface area (Å²) in [5, 5.41) is 47.0. The van der Waals surface area contributed by atoms with E-state index in [0.717, 1.165) is 42.9 Å². The highest BCUT2D eigenvalue weighted by molar-refractivity contribution is 6.24. The van der Waals surface area contributed by atoms with E-state index in [9.17, 15) is 34.8 Å². The van der Waals surface area contributed by atoms with E-state index in [1.165, 1.54) is 56.6 Å². The number of fused-ring (bicyclic) bond motifs is 3. The standard InChI is InChI=1S/C43H56O7/c1-8-10-11-12-13-14-15-16-17-27-18-19-28(9-2)30(22-27)29-20-21-32(45)34-31(29)23-41(6)24-42(7)35(25(3)4)37(46)33(26(5)44)39(48)43(42,50)40(49)36(41)38(34)47/h18-22,25,35,45,47-48,50H,8-17,23-24H2,1-7H3/t35?,41-,42-,43+/m1/s1. The molecule has 50 heavy (non-hydrogen) atoms. The Morgan fingerprint density at radius 1 is 0.900 bits per heavy atom. The van der Waals surface area contributed by atoms with Crippen molar-refractivity contribution in [3.05, 3.63) is 69.5 Å². The van der Waals surface area contributed by atoms with Crippen LogP contribution in [0.25, 0.3) is 16.9 Å². The average Bonchev–Trinajstić information content (AvgIpc) is 3.03. The summed E-state index contributed by atoms with van der Waals surface area (Å²) in [6, 6.07) is 9.98. The van der Waals surface area contributed by atoms with Gasteiger partial charge in [0.15, 0.2) is 17.2 Å². The molecule has 5 rings (SSSR count). The smallest absolute Gasteiger partial charge is 0.203 e. The van der Waals surface area contributed by atoms with Gasteiger partial charge in [-0.05, 0) is 78.8 Å². The fraction of sp³-hybridized carbons (Fsp3) is 0.558. The molecule has 1 fully saturated rings. The molecular weight excluding hydrogens is 628 g/mol. The molecule has 0 aliphatic heterocycles. The number of benzene rings is 2. The van der Waals surface area contributed by atoms with Gasteiger partial charge in [0.05, 0.1) is 5.56 Å². The van der Waals surface area contributed by atoms with Crippen molar-refractivity contribution in [2.24, 2.45) is 22.7 Å². The molecular formula is C43H56O7. The quantitative estimate of drug-likeness (QED) is 0.122. The number of aromatic hydroxyl groups is 1. The number of carbonyl (C=O) groups is 3. The monoisotopic (exact) mass is 684 g/mol. The Morgan fingerprint density at radius 2 is 1.54 bits per heavy atom. The summed E-state index contributed by atoms with van der Waals surface area (Å²) in [4.78, 5) is 41.2. The van der Waals surface area contributed by atoms with Crippen molar-refractivity contribution in [3.63, 3.8) is 0 Å². The predicted octanol–water partition coefficient (Wildman–Crippen LogP) is 9.10. The topological polar surface area (TPSA) is 132 Å². The Bertz CT molecular complexity index is 1760. The van der Waals surface area contributed by atoms with Crippen LogP contribution in [0.15, 0.2) is 47.2 Å². The number of carbonyl (C=O) groups excluding carboxylic acids is 3. The van der Waals surface area contributed by atoms with Gasteiger partial charge in [-0.2, -0.15) is 0 Å². The van der Waals surface area contributed by atoms with Gasteiger partial charge < -0.3 is 20.4 Å². The number of aliphatic hydroxyl groups excluding tert-OH is 2. The number of hydrogen-bond acceptors (Lipinski definition) is 7. The molecule has 0 bridgehead atoms. The van der Waals surface area contributed by atoms with Crippen molar-refractivity contribution in [2.75, 3.05) is 0 Å². The highest BCUT2D eigenvalue weighted by atomic mass is 16.3. The Hall–Kier alpha value is -3.71. The van der Waals surface area contributed by atoms with E-state index >= 15 is 0 Å². The maximum absolute atomic E-state index is 14.7. The lowest BCUT2D eigenvalue weighted by Gasteiger charge is -2.59. The fourth-order valence-corrected chi connectivity index (χ4v) is 9.77. The molecule has 1 unspecified atom stereocenters. The Balaban J connectivity index is 1.60. The van der Waals surface area contributed by atoms with Gasteiger partial charge in [-0.1, -0.05) is 111 Å². The number of aliphatic hydroxyl groups is 3. The molecule has 0 radical (unpaired) electrons. The third kappa shape index (κ3) is 5.93. The van der Waals surface area contributed by atoms with Gasteiger partial charge in [0, 0.05) is 22.3 Å². The van der Waals surface area contributed by atoms with Gasteiger partial charge in [0.1, 0.15) is 22.8 Å². The van der Waals surface area contributed by atoms with Crippen LogP contribution in [0.4, 0.5) is 0 Å². The van der Waals surface area contributed by atoms with Gasteiger partial charge in [-0.15, -0.1) is 0 Å². The fourth-order valence-electron chi connectivity index (χ4n) is 9.77. The van der Waals surface area contributed by atoms with Crippen molar-refractivity contribution in [3.8, 4) is 16.9 Å². The first-order valence-electron chi connectivity index (χ1n) is 18.8. The van der Waals surface area contributed by atoms with Crippen LogP contribution >= 0.6 is 0 Å². The lowest BCUT2D eigenvalue weighted by molar-refractivity contribution is -0.178. The summed E-state index contributed by atoms with van der Waals surface area (Å²) in [7, 11) is 0. The van der Waals surface area contributed by atoms with Crippen molar-refractivity contribution in [1.29, 1.82) is 0 Å². The van der Waals surface area contributed by atoms with Crippen molar-refractivity contribution >= 4 is 23.1 Å². The number of hydrogen-bond donors (Lipinski definition) is 4. The Morgan fingerprint density at radius 3 is 2.14 bits per heavy atom. The normalized spacial score (nSPS) is 26.3. The zero-order valence-corrected chi connectivity index (χ0v) is 31.0. The molecule has 7 heteroatoms. The molecule has 7 nitrogen and oxygen atoms in total. The number of phenols is 1. The van der Waals surface area contributed by atoms with E-state index in [-0.39, 0.29) is 35.6 Å². The average molecular weight is 685 g/mol. The van der Waals surface area contributed by atoms with E-state index in [2.05, 4.69) is 32.0 Å². The largest absolute Gasteiger partial charge is 0.508 e. The number of phenolic OH excluding ortho intramolecular Hbond substituents is 1. The van der Waals surface area contributed by atoms with Crippen LogP contribution in [-0.2, 0) is 33.6 Å². The van der Waals surface area contributed by atoms with Gasteiger partial charge >= 0.3 is 0 Å². The van der Waals surface area contributed by atoms with Gasteiger partial charge in [0.25, 0.3) is 0 Å². The number of ketones is 3. The molecule has 2 aromatic carbocycles. The summed E-state index contributed by atoms with van der Waals surface area (Å²) in [6.07, 6.45) is 12.0. The summed E-state index contributed by atoms with van der Waals surface area (Å²) in [6.45, 7) is 12.6. The second-order valence-corrected chi connectivity index (χ2v) is 16.0. The molecule has 0 saturated heterocycles. The van der Waals surface area contributed by atoms with Gasteiger partial charge in [0.2, 0.25) is 5.78 Å². The molecule has 3 aliphatic carbocycles. The molecule has 270 valence electrons. The molecule has 1 saturated carbocycles. The van der Waals surface area contributed by atoms with Crippen LogP contribution in [0, 0.1) is 22.7 Å². The van der Waals surface area contributed by atoms with Crippen LogP contribution in [0.3, 0.4) is 0 Å². The first-order valence-corrected chi connectivity index (χ1v) is 18.8. The first kappa shape index (κ1) is 37.5. The summed E-state index contributed by atoms with van der Waals surface area (Å²) >= 11 is 0. The number of unbranched alkanes of at least 4 members (excludes halogenated alkanes) is 7. The first-order chi connectivity index (χ1) is 23.6. The maximum Gasteiger partial charge on any atom is 0.203 e. The number of allylic oxidation sites excluding steroid dienone is 1. The van der Waals surface area contributed by atoms with E-state index in [1.807, 2.05) is 26.8 Å². The molecule has 2 aromatic rings. The van der Waals surface area contributed by atoms with Crippen molar-refractivity contribution in [2.45, 2.75) is 131 Å². The third-order valence-electron chi connectivity index (χ3n) is 12.1. The zero-order valence-electron chi connectivity index (χ0n) is 31.0. The molecule has 0 aromatic heterocycles. The zero-order chi connectivity index (χ0) is 36.8.